The molecule has 4 rings (SSSR count). The third-order valence-corrected chi connectivity index (χ3v) is 4.63. The summed E-state index contributed by atoms with van der Waals surface area (Å²) in [7, 11) is 0. The second-order valence-electron chi connectivity index (χ2n) is 6.32. The van der Waals surface area contributed by atoms with Crippen molar-refractivity contribution < 1.29 is 9.59 Å². The highest BCUT2D eigenvalue weighted by molar-refractivity contribution is 6.14. The fraction of sp³-hybridized carbons (Fsp3) is 0.200. The number of aryl methyl sites for hydroxylation is 1. The smallest absolute Gasteiger partial charge is 0.296 e. The largest absolute Gasteiger partial charge is 0.325 e. The van der Waals surface area contributed by atoms with E-state index in [9.17, 15) is 9.59 Å². The Morgan fingerprint density at radius 3 is 3.00 bits per heavy atom. The first-order valence-corrected chi connectivity index (χ1v) is 8.54. The van der Waals surface area contributed by atoms with Gasteiger partial charge in [-0.3, -0.25) is 14.0 Å². The molecule has 1 unspecified atom stereocenters. The minimum absolute atomic E-state index is 0.0456. The minimum atomic E-state index is -0.357. The van der Waals surface area contributed by atoms with Crippen molar-refractivity contribution >= 4 is 23.2 Å². The second-order valence-corrected chi connectivity index (χ2v) is 6.32. The first-order chi connectivity index (χ1) is 12.6. The van der Waals surface area contributed by atoms with Crippen LogP contribution in [0.4, 0.5) is 0 Å². The number of pyridine rings is 1. The lowest BCUT2D eigenvalue weighted by atomic mass is 9.86. The van der Waals surface area contributed by atoms with Gasteiger partial charge in [-0.15, -0.1) is 0 Å². The van der Waals surface area contributed by atoms with Crippen LogP contribution >= 0.6 is 0 Å². The maximum atomic E-state index is 12.7. The minimum Gasteiger partial charge on any atom is -0.325 e. The van der Waals surface area contributed by atoms with E-state index in [2.05, 4.69) is 15.3 Å². The van der Waals surface area contributed by atoms with Crippen LogP contribution in [-0.2, 0) is 4.79 Å². The van der Waals surface area contributed by atoms with Gasteiger partial charge in [-0.2, -0.15) is 0 Å². The van der Waals surface area contributed by atoms with Crippen molar-refractivity contribution in [3.05, 3.63) is 71.4 Å². The van der Waals surface area contributed by atoms with Gasteiger partial charge in [0.05, 0.1) is 11.4 Å². The molecule has 26 heavy (non-hydrogen) atoms. The van der Waals surface area contributed by atoms with Crippen LogP contribution in [0.25, 0.3) is 5.65 Å². The number of carbonyl (C=O) groups is 2. The first-order valence-electron chi connectivity index (χ1n) is 8.54. The first kappa shape index (κ1) is 16.2. The molecule has 3 heterocycles. The summed E-state index contributed by atoms with van der Waals surface area (Å²) in [5.41, 5.74) is 4.13. The number of nitrogens with one attached hydrogen (secondary N) is 1. The predicted octanol–water partition coefficient (Wildman–Crippen LogP) is 2.76. The van der Waals surface area contributed by atoms with Crippen molar-refractivity contribution in [3.8, 4) is 0 Å². The number of hydrogen-bond donors (Lipinski definition) is 1. The number of aliphatic imine (C=N–C) groups is 1. The van der Waals surface area contributed by atoms with Crippen LogP contribution in [0, 0.1) is 12.8 Å². The molecule has 1 atom stereocenters. The van der Waals surface area contributed by atoms with Crippen molar-refractivity contribution in [1.29, 1.82) is 0 Å². The van der Waals surface area contributed by atoms with E-state index in [-0.39, 0.29) is 17.7 Å². The number of fused-ring (bicyclic) bond motifs is 2. The van der Waals surface area contributed by atoms with E-state index < -0.39 is 0 Å². The Bertz CT molecular complexity index is 1050. The van der Waals surface area contributed by atoms with Crippen LogP contribution in [-0.4, -0.2) is 26.9 Å². The summed E-state index contributed by atoms with van der Waals surface area (Å²) in [5.74, 6) is -0.447. The Balaban J connectivity index is 1.69. The predicted molar refractivity (Wildman–Crippen MR) is 98.9 cm³/mol. The van der Waals surface area contributed by atoms with Crippen molar-refractivity contribution in [2.24, 2.45) is 10.9 Å². The highest BCUT2D eigenvalue weighted by Gasteiger charge is 2.25. The maximum Gasteiger partial charge on any atom is 0.296 e. The molecular weight excluding hydrogens is 328 g/mol. The van der Waals surface area contributed by atoms with E-state index in [1.165, 1.54) is 0 Å². The fourth-order valence-electron chi connectivity index (χ4n) is 3.40. The molecule has 2 aliphatic rings. The van der Waals surface area contributed by atoms with E-state index in [4.69, 9.17) is 0 Å². The molecule has 1 N–H and O–H groups in total. The van der Waals surface area contributed by atoms with Gasteiger partial charge in [0.2, 0.25) is 5.91 Å². The van der Waals surface area contributed by atoms with Crippen LogP contribution in [0.3, 0.4) is 0 Å². The van der Waals surface area contributed by atoms with Crippen LogP contribution in [0.1, 0.15) is 29.5 Å². The van der Waals surface area contributed by atoms with E-state index >= 15 is 0 Å². The molecule has 2 amide bonds. The number of amides is 2. The SMILES string of the molecule is CCC1=CC(=O)NC2=CC(=NC(=O)c3c(C)nc4ccccn34)C=CC12. The molecule has 2 aromatic heterocycles. The van der Waals surface area contributed by atoms with Crippen LogP contribution < -0.4 is 5.32 Å². The van der Waals surface area contributed by atoms with Gasteiger partial charge in [0, 0.05) is 23.9 Å². The van der Waals surface area contributed by atoms with Crippen LogP contribution in [0.2, 0.25) is 0 Å². The molecular formula is C20H18N4O2. The topological polar surface area (TPSA) is 75.8 Å². The Kier molecular flexibility index (Phi) is 3.88. The summed E-state index contributed by atoms with van der Waals surface area (Å²) in [6.07, 6.45) is 9.80. The molecule has 0 radical (unpaired) electrons. The molecule has 6 nitrogen and oxygen atoms in total. The van der Waals surface area contributed by atoms with Gasteiger partial charge in [-0.05, 0) is 37.6 Å². The highest BCUT2D eigenvalue weighted by Crippen LogP contribution is 2.29. The van der Waals surface area contributed by atoms with Gasteiger partial charge in [0.25, 0.3) is 5.91 Å². The lowest BCUT2D eigenvalue weighted by Crippen LogP contribution is -2.33. The van der Waals surface area contributed by atoms with E-state index in [0.29, 0.717) is 22.7 Å². The van der Waals surface area contributed by atoms with Gasteiger partial charge < -0.3 is 5.32 Å². The summed E-state index contributed by atoms with van der Waals surface area (Å²) in [6.45, 7) is 3.82. The quantitative estimate of drug-likeness (QED) is 0.908. The van der Waals surface area contributed by atoms with Crippen molar-refractivity contribution in [2.45, 2.75) is 20.3 Å². The molecule has 0 bridgehead atoms. The number of imidazole rings is 1. The fourth-order valence-corrected chi connectivity index (χ4v) is 3.40. The molecule has 1 aliphatic heterocycles. The summed E-state index contributed by atoms with van der Waals surface area (Å²) in [5, 5.41) is 2.85. The highest BCUT2D eigenvalue weighted by atomic mass is 16.2. The van der Waals surface area contributed by atoms with Gasteiger partial charge in [0.15, 0.2) is 0 Å². The monoisotopic (exact) mass is 346 g/mol. The lowest BCUT2D eigenvalue weighted by molar-refractivity contribution is -0.116. The number of allylic oxidation sites excluding steroid dienone is 3. The molecule has 0 saturated carbocycles. The average Bonchev–Trinajstić information content (AvgIpc) is 2.96. The standard InChI is InChI=1S/C20H18N4O2/c1-3-13-10-18(25)23-16-11-14(7-8-15(13)16)22-20(26)19-12(2)21-17-6-4-5-9-24(17)19/h4-11,15H,3H2,1-2H3,(H,23,25). The Morgan fingerprint density at radius 1 is 1.35 bits per heavy atom. The molecule has 0 fully saturated rings. The molecule has 0 spiro atoms. The van der Waals surface area contributed by atoms with Crippen molar-refractivity contribution in [3.63, 3.8) is 0 Å². The molecule has 130 valence electrons. The van der Waals surface area contributed by atoms with Gasteiger partial charge >= 0.3 is 0 Å². The molecule has 0 aromatic carbocycles. The molecule has 6 heteroatoms. The van der Waals surface area contributed by atoms with Gasteiger partial charge in [-0.25, -0.2) is 9.98 Å². The van der Waals surface area contributed by atoms with E-state index in [1.54, 1.807) is 29.7 Å². The third kappa shape index (κ3) is 2.69. The van der Waals surface area contributed by atoms with Crippen LogP contribution in [0.15, 0.2) is 65.0 Å². The van der Waals surface area contributed by atoms with E-state index in [1.807, 2.05) is 37.3 Å². The van der Waals surface area contributed by atoms with E-state index in [0.717, 1.165) is 17.7 Å². The maximum absolute atomic E-state index is 12.7. The zero-order valence-corrected chi connectivity index (χ0v) is 14.6. The van der Waals surface area contributed by atoms with Gasteiger partial charge in [-0.1, -0.05) is 24.6 Å². The average molecular weight is 346 g/mol. The summed E-state index contributed by atoms with van der Waals surface area (Å²) >= 11 is 0. The summed E-state index contributed by atoms with van der Waals surface area (Å²) < 4.78 is 1.74. The lowest BCUT2D eigenvalue weighted by Gasteiger charge is -2.26. The number of hydrogen-bond acceptors (Lipinski definition) is 3. The molecule has 2 aromatic rings. The number of aromatic nitrogens is 2. The number of carbonyl (C=O) groups excluding carboxylic acids is 2. The Morgan fingerprint density at radius 2 is 2.19 bits per heavy atom. The zero-order chi connectivity index (χ0) is 18.3. The second kappa shape index (κ2) is 6.22. The summed E-state index contributed by atoms with van der Waals surface area (Å²) in [4.78, 5) is 33.2. The molecule has 0 saturated heterocycles. The third-order valence-electron chi connectivity index (χ3n) is 4.63. The normalized spacial score (nSPS) is 20.6. The van der Waals surface area contributed by atoms with Crippen LogP contribution in [0.5, 0.6) is 0 Å². The van der Waals surface area contributed by atoms with Crippen molar-refractivity contribution in [1.82, 2.24) is 14.7 Å². The van der Waals surface area contributed by atoms with Crippen molar-refractivity contribution in [2.75, 3.05) is 0 Å². The number of nitrogens with zero attached hydrogens (tertiary/aromatic N) is 3. The summed E-state index contributed by atoms with van der Waals surface area (Å²) in [6, 6.07) is 5.57. The molecule has 1 aliphatic carbocycles. The number of rotatable bonds is 2. The van der Waals surface area contributed by atoms with Gasteiger partial charge in [0.1, 0.15) is 11.3 Å². The zero-order valence-electron chi connectivity index (χ0n) is 14.6. The Hall–Kier alpha value is -3.28. The Labute approximate surface area is 150 Å².